The van der Waals surface area contributed by atoms with Crippen LogP contribution in [0.1, 0.15) is 17.3 Å². The van der Waals surface area contributed by atoms with Gasteiger partial charge in [-0.15, -0.1) is 0 Å². The van der Waals surface area contributed by atoms with Gasteiger partial charge in [-0.2, -0.15) is 0 Å². The summed E-state index contributed by atoms with van der Waals surface area (Å²) in [5, 5.41) is 10.7. The van der Waals surface area contributed by atoms with Crippen molar-refractivity contribution in [2.24, 2.45) is 0 Å². The van der Waals surface area contributed by atoms with Gasteiger partial charge in [-0.05, 0) is 20.0 Å². The van der Waals surface area contributed by atoms with Gasteiger partial charge in [-0.1, -0.05) is 0 Å². The third-order valence-electron chi connectivity index (χ3n) is 3.48. The number of hydrogen-bond donors (Lipinski definition) is 0. The molecule has 1 atom stereocenters. The topological polar surface area (TPSA) is 66.7 Å². The molecule has 0 bridgehead atoms. The summed E-state index contributed by atoms with van der Waals surface area (Å²) in [6.07, 6.45) is 0. The second-order valence-electron chi connectivity index (χ2n) is 5.03. The molecule has 0 spiro atoms. The molecule has 7 heteroatoms. The number of hydrogen-bond acceptors (Lipinski definition) is 4. The van der Waals surface area contributed by atoms with Crippen LogP contribution < -0.4 is 0 Å². The van der Waals surface area contributed by atoms with E-state index in [1.165, 1.54) is 0 Å². The maximum atomic E-state index is 13.8. The van der Waals surface area contributed by atoms with Crippen LogP contribution >= 0.6 is 0 Å². The van der Waals surface area contributed by atoms with E-state index in [2.05, 4.69) is 4.90 Å². The van der Waals surface area contributed by atoms with Gasteiger partial charge in [0.05, 0.1) is 10.5 Å². The quantitative estimate of drug-likeness (QED) is 0.609. The van der Waals surface area contributed by atoms with Gasteiger partial charge in [0.2, 0.25) is 0 Å². The number of benzene rings is 1. The molecule has 0 saturated carbocycles. The smallest absolute Gasteiger partial charge is 0.270 e. The Balaban J connectivity index is 2.29. The van der Waals surface area contributed by atoms with E-state index in [4.69, 9.17) is 0 Å². The van der Waals surface area contributed by atoms with Crippen LogP contribution in [-0.4, -0.2) is 53.4 Å². The van der Waals surface area contributed by atoms with Crippen molar-refractivity contribution in [1.82, 2.24) is 9.80 Å². The van der Waals surface area contributed by atoms with Gasteiger partial charge in [-0.25, -0.2) is 4.39 Å². The standard InChI is InChI=1S/C13H16FN3O3/c1-9-8-15(2)5-6-16(9)13(18)11-7-10(17(19)20)3-4-12(11)14/h3-4,7,9H,5-6,8H2,1-2H3. The first-order valence-electron chi connectivity index (χ1n) is 6.33. The van der Waals surface area contributed by atoms with Crippen molar-refractivity contribution >= 4 is 11.6 Å². The Bertz CT molecular complexity index is 550. The predicted molar refractivity (Wildman–Crippen MR) is 71.0 cm³/mol. The molecule has 1 aliphatic rings. The number of nitro groups is 1. The average molecular weight is 281 g/mol. The third kappa shape index (κ3) is 2.77. The molecule has 6 nitrogen and oxygen atoms in total. The molecule has 0 N–H and O–H groups in total. The molecule has 1 unspecified atom stereocenters. The largest absolute Gasteiger partial charge is 0.333 e. The monoisotopic (exact) mass is 281 g/mol. The lowest BCUT2D eigenvalue weighted by Crippen LogP contribution is -2.52. The van der Waals surface area contributed by atoms with Crippen molar-refractivity contribution < 1.29 is 14.1 Å². The third-order valence-corrected chi connectivity index (χ3v) is 3.48. The van der Waals surface area contributed by atoms with Gasteiger partial charge in [0.15, 0.2) is 0 Å². The summed E-state index contributed by atoms with van der Waals surface area (Å²) in [7, 11) is 1.95. The highest BCUT2D eigenvalue weighted by molar-refractivity contribution is 5.95. The Morgan fingerprint density at radius 2 is 2.15 bits per heavy atom. The number of carbonyl (C=O) groups is 1. The van der Waals surface area contributed by atoms with Gasteiger partial charge < -0.3 is 9.80 Å². The zero-order valence-electron chi connectivity index (χ0n) is 11.4. The van der Waals surface area contributed by atoms with Crippen LogP contribution in [0.4, 0.5) is 10.1 Å². The molecule has 1 saturated heterocycles. The summed E-state index contributed by atoms with van der Waals surface area (Å²) in [4.78, 5) is 26.1. The van der Waals surface area contributed by atoms with E-state index >= 15 is 0 Å². The Hall–Kier alpha value is -2.02. The first-order chi connectivity index (χ1) is 9.40. The van der Waals surface area contributed by atoms with Gasteiger partial charge >= 0.3 is 0 Å². The van der Waals surface area contributed by atoms with Crippen molar-refractivity contribution in [2.75, 3.05) is 26.7 Å². The number of halogens is 1. The fourth-order valence-electron chi connectivity index (χ4n) is 2.39. The number of nitro benzene ring substituents is 1. The van der Waals surface area contributed by atoms with Crippen LogP contribution in [0.2, 0.25) is 0 Å². The Morgan fingerprint density at radius 3 is 2.75 bits per heavy atom. The molecular weight excluding hydrogens is 265 g/mol. The number of non-ortho nitro benzene ring substituents is 1. The van der Waals surface area contributed by atoms with Gasteiger partial charge in [0.25, 0.3) is 11.6 Å². The van der Waals surface area contributed by atoms with E-state index in [0.29, 0.717) is 19.6 Å². The molecule has 0 radical (unpaired) electrons. The SMILES string of the molecule is CC1CN(C)CCN1C(=O)c1cc([N+](=O)[O-])ccc1F. The lowest BCUT2D eigenvalue weighted by molar-refractivity contribution is -0.384. The van der Waals surface area contributed by atoms with Crippen molar-refractivity contribution in [1.29, 1.82) is 0 Å². The summed E-state index contributed by atoms with van der Waals surface area (Å²) in [6, 6.07) is 2.97. The molecule has 2 rings (SSSR count). The molecule has 20 heavy (non-hydrogen) atoms. The fraction of sp³-hybridized carbons (Fsp3) is 0.462. The van der Waals surface area contributed by atoms with Crippen molar-refractivity contribution in [2.45, 2.75) is 13.0 Å². The molecule has 1 amide bonds. The molecule has 0 aliphatic carbocycles. The summed E-state index contributed by atoms with van der Waals surface area (Å²) < 4.78 is 13.8. The first-order valence-corrected chi connectivity index (χ1v) is 6.33. The summed E-state index contributed by atoms with van der Waals surface area (Å²) in [5.74, 6) is -1.22. The average Bonchev–Trinajstić information content (AvgIpc) is 2.38. The minimum Gasteiger partial charge on any atom is -0.333 e. The minimum atomic E-state index is -0.730. The van der Waals surface area contributed by atoms with Crippen molar-refractivity contribution in [3.05, 3.63) is 39.7 Å². The van der Waals surface area contributed by atoms with E-state index in [1.807, 2.05) is 14.0 Å². The Labute approximate surface area is 115 Å². The summed E-state index contributed by atoms with van der Waals surface area (Å²) in [5.41, 5.74) is -0.521. The second kappa shape index (κ2) is 5.54. The maximum absolute atomic E-state index is 13.8. The molecule has 1 fully saturated rings. The second-order valence-corrected chi connectivity index (χ2v) is 5.03. The summed E-state index contributed by atoms with van der Waals surface area (Å²) >= 11 is 0. The van der Waals surface area contributed by atoms with Gasteiger partial charge in [-0.3, -0.25) is 14.9 Å². The fourth-order valence-corrected chi connectivity index (χ4v) is 2.39. The minimum absolute atomic E-state index is 0.0556. The highest BCUT2D eigenvalue weighted by atomic mass is 19.1. The van der Waals surface area contributed by atoms with Crippen LogP contribution in [0.25, 0.3) is 0 Å². The molecule has 1 aromatic carbocycles. The van der Waals surface area contributed by atoms with Crippen LogP contribution in [0.3, 0.4) is 0 Å². The molecule has 1 aliphatic heterocycles. The lowest BCUT2D eigenvalue weighted by Gasteiger charge is -2.38. The molecule has 0 aromatic heterocycles. The Morgan fingerprint density at radius 1 is 1.45 bits per heavy atom. The number of nitrogens with zero attached hydrogens (tertiary/aromatic N) is 3. The predicted octanol–water partition coefficient (Wildman–Crippen LogP) is 1.51. The molecule has 108 valence electrons. The molecule has 1 heterocycles. The summed E-state index contributed by atoms with van der Waals surface area (Å²) in [6.45, 7) is 3.76. The van der Waals surface area contributed by atoms with Crippen LogP contribution in [0.5, 0.6) is 0 Å². The number of carbonyl (C=O) groups excluding carboxylic acids is 1. The van der Waals surface area contributed by atoms with E-state index in [-0.39, 0.29) is 17.3 Å². The van der Waals surface area contributed by atoms with Crippen LogP contribution in [-0.2, 0) is 0 Å². The van der Waals surface area contributed by atoms with E-state index in [0.717, 1.165) is 18.2 Å². The van der Waals surface area contributed by atoms with Gasteiger partial charge in [0, 0.05) is 37.8 Å². The number of likely N-dealkylation sites (N-methyl/N-ethyl adjacent to an activating group) is 1. The number of amides is 1. The van der Waals surface area contributed by atoms with Crippen LogP contribution in [0.15, 0.2) is 18.2 Å². The van der Waals surface area contributed by atoms with E-state index < -0.39 is 16.6 Å². The van der Waals surface area contributed by atoms with Crippen LogP contribution in [0, 0.1) is 15.9 Å². The molecular formula is C13H16FN3O3. The zero-order chi connectivity index (χ0) is 14.9. The number of rotatable bonds is 2. The zero-order valence-corrected chi connectivity index (χ0v) is 11.4. The molecule has 1 aromatic rings. The lowest BCUT2D eigenvalue weighted by atomic mass is 10.1. The highest BCUT2D eigenvalue weighted by Crippen LogP contribution is 2.20. The maximum Gasteiger partial charge on any atom is 0.270 e. The highest BCUT2D eigenvalue weighted by Gasteiger charge is 2.29. The number of piperazine rings is 1. The first kappa shape index (κ1) is 14.4. The van der Waals surface area contributed by atoms with Crippen molar-refractivity contribution in [3.8, 4) is 0 Å². The van der Waals surface area contributed by atoms with Crippen molar-refractivity contribution in [3.63, 3.8) is 0 Å². The van der Waals surface area contributed by atoms with E-state index in [9.17, 15) is 19.3 Å². The Kier molecular flexibility index (Phi) is 3.99. The van der Waals surface area contributed by atoms with Gasteiger partial charge in [0.1, 0.15) is 5.82 Å². The van der Waals surface area contributed by atoms with E-state index in [1.54, 1.807) is 4.90 Å². The normalized spacial score (nSPS) is 19.9.